The summed E-state index contributed by atoms with van der Waals surface area (Å²) in [6.07, 6.45) is 0.753. The van der Waals surface area contributed by atoms with Crippen LogP contribution >= 0.6 is 0 Å². The smallest absolute Gasteiger partial charge is 0.230 e. The molecule has 20 heavy (non-hydrogen) atoms. The maximum absolute atomic E-state index is 12.3. The van der Waals surface area contributed by atoms with E-state index in [0.717, 1.165) is 12.0 Å². The van der Waals surface area contributed by atoms with Gasteiger partial charge in [0.25, 0.3) is 0 Å². The van der Waals surface area contributed by atoms with Crippen molar-refractivity contribution in [1.29, 1.82) is 0 Å². The zero-order valence-corrected chi connectivity index (χ0v) is 11.2. The molecule has 1 aromatic rings. The molecule has 3 rings (SSSR count). The molecule has 2 aliphatic rings. The third-order valence-electron chi connectivity index (χ3n) is 4.13. The summed E-state index contributed by atoms with van der Waals surface area (Å²) < 4.78 is 5.56. The van der Waals surface area contributed by atoms with Crippen molar-refractivity contribution in [2.75, 3.05) is 5.32 Å². The fourth-order valence-corrected chi connectivity index (χ4v) is 3.26. The van der Waals surface area contributed by atoms with Crippen LogP contribution in [-0.4, -0.2) is 24.1 Å². The number of hydrogen-bond donors (Lipinski definition) is 1. The summed E-state index contributed by atoms with van der Waals surface area (Å²) in [6.45, 7) is 1.93. The number of carboxylic acids is 1. The molecule has 0 unspecified atom stereocenters. The summed E-state index contributed by atoms with van der Waals surface area (Å²) in [5.41, 5.74) is 1.71. The highest BCUT2D eigenvalue weighted by Crippen LogP contribution is 2.43. The van der Waals surface area contributed by atoms with Crippen LogP contribution in [0.3, 0.4) is 0 Å². The summed E-state index contributed by atoms with van der Waals surface area (Å²) in [4.78, 5) is 23.6. The number of aliphatic carboxylic acids is 1. The first-order valence-corrected chi connectivity index (χ1v) is 6.80. The molecule has 0 aromatic heterocycles. The second-order valence-electron chi connectivity index (χ2n) is 5.52. The lowest BCUT2D eigenvalue weighted by Crippen LogP contribution is -2.46. The van der Waals surface area contributed by atoms with E-state index >= 15 is 0 Å². The molecular formula is C15H16NO4-. The van der Waals surface area contributed by atoms with Crippen molar-refractivity contribution in [3.63, 3.8) is 0 Å². The minimum absolute atomic E-state index is 0.294. The molecule has 2 bridgehead atoms. The van der Waals surface area contributed by atoms with Gasteiger partial charge >= 0.3 is 0 Å². The molecule has 0 radical (unpaired) electrons. The van der Waals surface area contributed by atoms with Gasteiger partial charge in [0.15, 0.2) is 0 Å². The Morgan fingerprint density at radius 3 is 2.60 bits per heavy atom. The van der Waals surface area contributed by atoms with Crippen LogP contribution in [0.5, 0.6) is 0 Å². The molecule has 1 N–H and O–H groups in total. The fourth-order valence-electron chi connectivity index (χ4n) is 3.26. The average molecular weight is 274 g/mol. The fraction of sp³-hybridized carbons (Fsp3) is 0.467. The molecule has 2 saturated heterocycles. The van der Waals surface area contributed by atoms with E-state index in [9.17, 15) is 14.7 Å². The highest BCUT2D eigenvalue weighted by molar-refractivity contribution is 5.96. The number of amides is 1. The summed E-state index contributed by atoms with van der Waals surface area (Å²) in [6, 6.07) is 7.41. The highest BCUT2D eigenvalue weighted by atomic mass is 16.5. The first kappa shape index (κ1) is 13.1. The van der Waals surface area contributed by atoms with E-state index in [-0.39, 0.29) is 18.1 Å². The van der Waals surface area contributed by atoms with E-state index in [2.05, 4.69) is 5.32 Å². The lowest BCUT2D eigenvalue weighted by molar-refractivity contribution is -0.313. The molecule has 4 atom stereocenters. The van der Waals surface area contributed by atoms with Gasteiger partial charge in [-0.05, 0) is 37.5 Å². The van der Waals surface area contributed by atoms with E-state index in [4.69, 9.17) is 4.74 Å². The minimum Gasteiger partial charge on any atom is -0.550 e. The zero-order chi connectivity index (χ0) is 14.3. The molecule has 1 aromatic carbocycles. The van der Waals surface area contributed by atoms with Gasteiger partial charge in [-0.2, -0.15) is 0 Å². The second kappa shape index (κ2) is 4.90. The normalized spacial score (nSPS) is 31.2. The third-order valence-corrected chi connectivity index (χ3v) is 4.13. The van der Waals surface area contributed by atoms with Gasteiger partial charge in [0.2, 0.25) is 5.91 Å². The van der Waals surface area contributed by atoms with Crippen molar-refractivity contribution in [1.82, 2.24) is 0 Å². The first-order chi connectivity index (χ1) is 9.56. The van der Waals surface area contributed by atoms with Gasteiger partial charge in [-0.1, -0.05) is 12.1 Å². The summed E-state index contributed by atoms with van der Waals surface area (Å²) in [5.74, 6) is -2.98. The van der Waals surface area contributed by atoms with Gasteiger partial charge in [0.1, 0.15) is 0 Å². The van der Waals surface area contributed by atoms with Crippen molar-refractivity contribution < 1.29 is 19.4 Å². The average Bonchev–Trinajstić information content (AvgIpc) is 2.98. The largest absolute Gasteiger partial charge is 0.550 e. The molecule has 5 heteroatoms. The summed E-state index contributed by atoms with van der Waals surface area (Å²) in [5, 5.41) is 14.0. The molecule has 2 aliphatic heterocycles. The van der Waals surface area contributed by atoms with Gasteiger partial charge in [-0.3, -0.25) is 4.79 Å². The monoisotopic (exact) mass is 274 g/mol. The number of aryl methyl sites for hydroxylation is 1. The molecule has 1 amide bonds. The van der Waals surface area contributed by atoms with Gasteiger partial charge < -0.3 is 20.0 Å². The van der Waals surface area contributed by atoms with E-state index in [0.29, 0.717) is 12.1 Å². The molecular weight excluding hydrogens is 258 g/mol. The predicted octanol–water partition coefficient (Wildman–Crippen LogP) is 0.477. The number of rotatable bonds is 3. The Hall–Kier alpha value is -1.88. The lowest BCUT2D eigenvalue weighted by atomic mass is 9.78. The van der Waals surface area contributed by atoms with Crippen molar-refractivity contribution >= 4 is 17.6 Å². The summed E-state index contributed by atoms with van der Waals surface area (Å²) in [7, 11) is 0. The van der Waals surface area contributed by atoms with Crippen LogP contribution in [0.1, 0.15) is 18.4 Å². The number of carbonyl (C=O) groups excluding carboxylic acids is 2. The third kappa shape index (κ3) is 2.18. The lowest BCUT2D eigenvalue weighted by Gasteiger charge is -2.27. The van der Waals surface area contributed by atoms with Crippen LogP contribution in [0.25, 0.3) is 0 Å². The Bertz CT molecular complexity index is 557. The Morgan fingerprint density at radius 2 is 1.95 bits per heavy atom. The van der Waals surface area contributed by atoms with Gasteiger partial charge in [-0.25, -0.2) is 0 Å². The molecule has 0 saturated carbocycles. The number of ether oxygens (including phenoxy) is 1. The van der Waals surface area contributed by atoms with Crippen LogP contribution in [0.4, 0.5) is 5.69 Å². The van der Waals surface area contributed by atoms with Crippen LogP contribution in [0.2, 0.25) is 0 Å². The number of benzene rings is 1. The Balaban J connectivity index is 1.78. The Morgan fingerprint density at radius 1 is 1.25 bits per heavy atom. The standard InChI is InChI=1S/C15H17NO4/c1-8-3-2-4-9(7-8)16-14(17)12-10-5-6-11(20-10)13(12)15(18)19/h2-4,7,10-13H,5-6H2,1H3,(H,16,17)(H,18,19)/p-1/t10-,11+,12+,13+/m1/s1. The maximum Gasteiger partial charge on any atom is 0.230 e. The molecule has 2 fully saturated rings. The van der Waals surface area contributed by atoms with Crippen molar-refractivity contribution in [2.24, 2.45) is 11.8 Å². The molecule has 5 nitrogen and oxygen atoms in total. The van der Waals surface area contributed by atoms with Crippen LogP contribution in [0.15, 0.2) is 24.3 Å². The van der Waals surface area contributed by atoms with Crippen molar-refractivity contribution in [3.05, 3.63) is 29.8 Å². The van der Waals surface area contributed by atoms with Gasteiger partial charge in [0, 0.05) is 17.6 Å². The Labute approximate surface area is 116 Å². The van der Waals surface area contributed by atoms with Gasteiger partial charge in [0.05, 0.1) is 18.1 Å². The second-order valence-corrected chi connectivity index (χ2v) is 5.52. The summed E-state index contributed by atoms with van der Waals surface area (Å²) >= 11 is 0. The van der Waals surface area contributed by atoms with E-state index in [1.165, 1.54) is 0 Å². The number of hydrogen-bond acceptors (Lipinski definition) is 4. The minimum atomic E-state index is -1.19. The number of fused-ring (bicyclic) bond motifs is 2. The van der Waals surface area contributed by atoms with Crippen LogP contribution in [-0.2, 0) is 14.3 Å². The van der Waals surface area contributed by atoms with Crippen LogP contribution < -0.4 is 10.4 Å². The number of anilines is 1. The topological polar surface area (TPSA) is 78.5 Å². The molecule has 0 aliphatic carbocycles. The maximum atomic E-state index is 12.3. The molecule has 0 spiro atoms. The predicted molar refractivity (Wildman–Crippen MR) is 69.7 cm³/mol. The molecule has 106 valence electrons. The first-order valence-electron chi connectivity index (χ1n) is 6.80. The Kier molecular flexibility index (Phi) is 3.22. The van der Waals surface area contributed by atoms with E-state index < -0.39 is 17.8 Å². The SMILES string of the molecule is Cc1cccc(NC(=O)[C@@H]2[C@@H](C(=O)[O-])[C@@H]3CC[C@H]2O3)c1. The molecule has 2 heterocycles. The quantitative estimate of drug-likeness (QED) is 0.869. The van der Waals surface area contributed by atoms with Crippen molar-refractivity contribution in [3.8, 4) is 0 Å². The van der Waals surface area contributed by atoms with E-state index in [1.54, 1.807) is 6.07 Å². The van der Waals surface area contributed by atoms with E-state index in [1.807, 2.05) is 25.1 Å². The van der Waals surface area contributed by atoms with Crippen LogP contribution in [0, 0.1) is 18.8 Å². The number of nitrogens with one attached hydrogen (secondary N) is 1. The number of carboxylic acid groups (broad SMARTS) is 1. The van der Waals surface area contributed by atoms with Crippen molar-refractivity contribution in [2.45, 2.75) is 32.0 Å². The zero-order valence-electron chi connectivity index (χ0n) is 11.2. The number of carbonyl (C=O) groups is 2. The highest BCUT2D eigenvalue weighted by Gasteiger charge is 2.52. The van der Waals surface area contributed by atoms with Gasteiger partial charge in [-0.15, -0.1) is 0 Å².